The summed E-state index contributed by atoms with van der Waals surface area (Å²) in [6.07, 6.45) is 0.289. The number of benzene rings is 2. The molecule has 0 atom stereocenters. The summed E-state index contributed by atoms with van der Waals surface area (Å²) in [6, 6.07) is 15.3. The van der Waals surface area contributed by atoms with Crippen LogP contribution in [0.1, 0.15) is 11.1 Å². The van der Waals surface area contributed by atoms with Crippen LogP contribution in [-0.2, 0) is 6.42 Å². The Morgan fingerprint density at radius 1 is 1.11 bits per heavy atom. The van der Waals surface area contributed by atoms with E-state index >= 15 is 0 Å². The monoisotopic (exact) mass is 238 g/mol. The number of aryl methyl sites for hydroxylation is 1. The van der Waals surface area contributed by atoms with Crippen molar-refractivity contribution in [1.82, 2.24) is 0 Å². The number of nitrogens with zero attached hydrogens (tertiary/aromatic N) is 1. The Morgan fingerprint density at radius 3 is 2.44 bits per heavy atom. The second-order valence-electron chi connectivity index (χ2n) is 4.11. The average Bonchev–Trinajstić information content (AvgIpc) is 2.37. The quantitative estimate of drug-likeness (QED) is 0.833. The average molecular weight is 238 g/mol. The van der Waals surface area contributed by atoms with Gasteiger partial charge in [0.1, 0.15) is 11.5 Å². The second-order valence-corrected chi connectivity index (χ2v) is 4.11. The highest BCUT2D eigenvalue weighted by Gasteiger charge is 2.03. The molecule has 0 unspecified atom stereocenters. The Kier molecular flexibility index (Phi) is 3.49. The normalized spacial score (nSPS) is 9.78. The summed E-state index contributed by atoms with van der Waals surface area (Å²) < 4.78 is 5.71. The lowest BCUT2D eigenvalue weighted by molar-refractivity contribution is 0.482. The lowest BCUT2D eigenvalue weighted by atomic mass is 10.1. The number of nitrogens with two attached hydrogens (primary N) is 1. The van der Waals surface area contributed by atoms with Crippen molar-refractivity contribution < 1.29 is 4.74 Å². The first kappa shape index (κ1) is 12.0. The maximum absolute atomic E-state index is 8.71. The zero-order valence-corrected chi connectivity index (χ0v) is 10.2. The molecule has 3 heteroatoms. The summed E-state index contributed by atoms with van der Waals surface area (Å²) in [5.41, 5.74) is 8.38. The van der Waals surface area contributed by atoms with Gasteiger partial charge >= 0.3 is 0 Å². The number of rotatable bonds is 3. The van der Waals surface area contributed by atoms with Crippen molar-refractivity contribution in [3.05, 3.63) is 53.6 Å². The predicted octanol–water partition coefficient (Wildman–Crippen LogP) is 3.44. The molecule has 0 aromatic heterocycles. The van der Waals surface area contributed by atoms with Crippen molar-refractivity contribution in [2.75, 3.05) is 5.73 Å². The van der Waals surface area contributed by atoms with Gasteiger partial charge in [-0.2, -0.15) is 5.26 Å². The molecule has 0 saturated carbocycles. The molecule has 18 heavy (non-hydrogen) atoms. The Hall–Kier alpha value is -2.47. The fourth-order valence-electron chi connectivity index (χ4n) is 1.63. The van der Waals surface area contributed by atoms with E-state index in [1.54, 1.807) is 18.2 Å². The van der Waals surface area contributed by atoms with Crippen molar-refractivity contribution >= 4 is 5.69 Å². The molecule has 0 fully saturated rings. The van der Waals surface area contributed by atoms with Gasteiger partial charge in [0.2, 0.25) is 0 Å². The molecule has 0 radical (unpaired) electrons. The third-order valence-corrected chi connectivity index (χ3v) is 2.64. The van der Waals surface area contributed by atoms with Gasteiger partial charge in [0.05, 0.1) is 12.5 Å². The van der Waals surface area contributed by atoms with Crippen LogP contribution in [0, 0.1) is 18.3 Å². The van der Waals surface area contributed by atoms with Crippen LogP contribution in [0.2, 0.25) is 0 Å². The van der Waals surface area contributed by atoms with Gasteiger partial charge in [0, 0.05) is 5.69 Å². The van der Waals surface area contributed by atoms with Crippen molar-refractivity contribution in [2.24, 2.45) is 0 Å². The molecule has 0 aliphatic rings. The van der Waals surface area contributed by atoms with E-state index in [-0.39, 0.29) is 6.42 Å². The second kappa shape index (κ2) is 5.24. The van der Waals surface area contributed by atoms with Crippen molar-refractivity contribution in [3.8, 4) is 17.6 Å². The lowest BCUT2D eigenvalue weighted by Crippen LogP contribution is -1.94. The Morgan fingerprint density at radius 2 is 1.78 bits per heavy atom. The molecule has 3 nitrogen and oxygen atoms in total. The molecule has 2 aromatic carbocycles. The standard InChI is InChI=1S/C15H14N2O/c1-11-2-4-13(5-3-11)18-14-6-7-15(17)12(10-14)8-9-16/h2-7,10H,8,17H2,1H3. The molecule has 0 bridgehead atoms. The van der Waals surface area contributed by atoms with Crippen molar-refractivity contribution in [2.45, 2.75) is 13.3 Å². The molecule has 0 aliphatic carbocycles. The van der Waals surface area contributed by atoms with Gasteiger partial charge < -0.3 is 10.5 Å². The molecule has 0 amide bonds. The van der Waals surface area contributed by atoms with Crippen molar-refractivity contribution in [3.63, 3.8) is 0 Å². The van der Waals surface area contributed by atoms with Gasteiger partial charge in [-0.1, -0.05) is 17.7 Å². The molecule has 0 aliphatic heterocycles. The number of nitriles is 1. The molecule has 2 N–H and O–H groups in total. The molecule has 0 spiro atoms. The van der Waals surface area contributed by atoms with E-state index in [2.05, 4.69) is 6.07 Å². The highest BCUT2D eigenvalue weighted by Crippen LogP contribution is 2.25. The van der Waals surface area contributed by atoms with Crippen LogP contribution in [0.3, 0.4) is 0 Å². The molecular weight excluding hydrogens is 224 g/mol. The van der Waals surface area contributed by atoms with Crippen molar-refractivity contribution in [1.29, 1.82) is 5.26 Å². The third kappa shape index (κ3) is 2.80. The predicted molar refractivity (Wildman–Crippen MR) is 71.4 cm³/mol. The first-order valence-corrected chi connectivity index (χ1v) is 5.69. The number of nitrogen functional groups attached to an aromatic ring is 1. The van der Waals surface area contributed by atoms with Gasteiger partial charge in [-0.15, -0.1) is 0 Å². The van der Waals surface area contributed by atoms with E-state index < -0.39 is 0 Å². The number of hydrogen-bond donors (Lipinski definition) is 1. The van der Waals surface area contributed by atoms with E-state index in [9.17, 15) is 0 Å². The van der Waals surface area contributed by atoms with Gasteiger partial charge in [-0.25, -0.2) is 0 Å². The smallest absolute Gasteiger partial charge is 0.127 e. The van der Waals surface area contributed by atoms with Gasteiger partial charge in [-0.3, -0.25) is 0 Å². The van der Waals surface area contributed by atoms with Crippen LogP contribution in [0.25, 0.3) is 0 Å². The zero-order chi connectivity index (χ0) is 13.0. The van der Waals surface area contributed by atoms with Crippen LogP contribution in [0.5, 0.6) is 11.5 Å². The van der Waals surface area contributed by atoms with Gasteiger partial charge in [-0.05, 0) is 42.8 Å². The van der Waals surface area contributed by atoms with Crippen LogP contribution in [-0.4, -0.2) is 0 Å². The summed E-state index contributed by atoms with van der Waals surface area (Å²) in [4.78, 5) is 0. The minimum atomic E-state index is 0.289. The topological polar surface area (TPSA) is 59.0 Å². The molecular formula is C15H14N2O. The third-order valence-electron chi connectivity index (χ3n) is 2.64. The van der Waals surface area contributed by atoms with Crippen LogP contribution in [0.4, 0.5) is 5.69 Å². The summed E-state index contributed by atoms with van der Waals surface area (Å²) >= 11 is 0. The van der Waals surface area contributed by atoms with E-state index in [1.165, 1.54) is 5.56 Å². The first-order valence-electron chi connectivity index (χ1n) is 5.69. The number of ether oxygens (including phenoxy) is 1. The number of hydrogen-bond acceptors (Lipinski definition) is 3. The molecule has 0 saturated heterocycles. The Bertz CT molecular complexity index is 582. The lowest BCUT2D eigenvalue weighted by Gasteiger charge is -2.08. The summed E-state index contributed by atoms with van der Waals surface area (Å²) in [7, 11) is 0. The largest absolute Gasteiger partial charge is 0.457 e. The van der Waals surface area contributed by atoms with E-state index in [0.717, 1.165) is 11.3 Å². The van der Waals surface area contributed by atoms with Crippen LogP contribution in [0.15, 0.2) is 42.5 Å². The van der Waals surface area contributed by atoms with E-state index in [0.29, 0.717) is 11.4 Å². The maximum atomic E-state index is 8.71. The zero-order valence-electron chi connectivity index (χ0n) is 10.2. The van der Waals surface area contributed by atoms with Gasteiger partial charge in [0.25, 0.3) is 0 Å². The van der Waals surface area contributed by atoms with Gasteiger partial charge in [0.15, 0.2) is 0 Å². The summed E-state index contributed by atoms with van der Waals surface area (Å²) in [6.45, 7) is 2.03. The van der Waals surface area contributed by atoms with E-state index in [1.807, 2.05) is 31.2 Å². The number of anilines is 1. The fourth-order valence-corrected chi connectivity index (χ4v) is 1.63. The fraction of sp³-hybridized carbons (Fsp3) is 0.133. The van der Waals surface area contributed by atoms with Crippen LogP contribution >= 0.6 is 0 Å². The minimum Gasteiger partial charge on any atom is -0.457 e. The highest BCUT2D eigenvalue weighted by atomic mass is 16.5. The Balaban J connectivity index is 2.22. The van der Waals surface area contributed by atoms with Crippen LogP contribution < -0.4 is 10.5 Å². The molecule has 0 heterocycles. The summed E-state index contributed by atoms with van der Waals surface area (Å²) in [5.74, 6) is 1.46. The SMILES string of the molecule is Cc1ccc(Oc2ccc(N)c(CC#N)c2)cc1. The molecule has 2 aromatic rings. The molecule has 90 valence electrons. The summed E-state index contributed by atoms with van der Waals surface area (Å²) in [5, 5.41) is 8.71. The first-order chi connectivity index (χ1) is 8.69. The maximum Gasteiger partial charge on any atom is 0.127 e. The highest BCUT2D eigenvalue weighted by molar-refractivity contribution is 5.52. The van der Waals surface area contributed by atoms with E-state index in [4.69, 9.17) is 15.7 Å². The Labute approximate surface area is 106 Å². The minimum absolute atomic E-state index is 0.289. The molecule has 2 rings (SSSR count).